The van der Waals surface area contributed by atoms with E-state index < -0.39 is 10.1 Å². The van der Waals surface area contributed by atoms with E-state index in [-0.39, 0.29) is 18.0 Å². The summed E-state index contributed by atoms with van der Waals surface area (Å²) in [4.78, 5) is 2.38. The maximum atomic E-state index is 10.8. The topological polar surface area (TPSA) is 122 Å². The molecule has 0 saturated heterocycles. The number of ether oxygens (including phenoxy) is 2. The molecule has 104 valence electrons. The molecule has 0 amide bonds. The minimum absolute atomic E-state index is 0.189. The number of hydrogen-bond donors (Lipinski definition) is 1. The molecule has 8 nitrogen and oxygen atoms in total. The van der Waals surface area contributed by atoms with Crippen LogP contribution in [0.1, 0.15) is 0 Å². The van der Waals surface area contributed by atoms with E-state index in [9.17, 15) is 8.42 Å². The lowest BCUT2D eigenvalue weighted by Gasteiger charge is -2.06. The van der Waals surface area contributed by atoms with E-state index in [4.69, 9.17) is 19.6 Å². The van der Waals surface area contributed by atoms with Crippen molar-refractivity contribution in [3.8, 4) is 5.75 Å². The van der Waals surface area contributed by atoms with Gasteiger partial charge in [-0.25, -0.2) is 0 Å². The SMILES string of the molecule is [N-]=[N+]=NCCOCCOc1ccc(S(=O)(=O)O)cc1. The van der Waals surface area contributed by atoms with E-state index >= 15 is 0 Å². The minimum Gasteiger partial charge on any atom is -0.491 e. The number of nitrogens with zero attached hydrogens (tertiary/aromatic N) is 3. The van der Waals surface area contributed by atoms with Gasteiger partial charge in [0.15, 0.2) is 0 Å². The molecule has 0 heterocycles. The van der Waals surface area contributed by atoms with Crippen LogP contribution in [0.25, 0.3) is 10.4 Å². The van der Waals surface area contributed by atoms with Crippen molar-refractivity contribution in [1.82, 2.24) is 0 Å². The monoisotopic (exact) mass is 287 g/mol. The van der Waals surface area contributed by atoms with Crippen LogP contribution in [0.2, 0.25) is 0 Å². The van der Waals surface area contributed by atoms with Crippen LogP contribution in [0.15, 0.2) is 34.3 Å². The first kappa shape index (κ1) is 15.3. The maximum absolute atomic E-state index is 10.8. The molecule has 0 saturated carbocycles. The standard InChI is InChI=1S/C10H13N3O5S/c11-13-12-5-6-17-7-8-18-9-1-3-10(4-2-9)19(14,15)16/h1-4H,5-8H2,(H,14,15,16). The maximum Gasteiger partial charge on any atom is 0.294 e. The molecular formula is C10H13N3O5S. The Kier molecular flexibility index (Phi) is 6.10. The fraction of sp³-hybridized carbons (Fsp3) is 0.400. The molecule has 0 unspecified atom stereocenters. The van der Waals surface area contributed by atoms with Crippen molar-refractivity contribution in [3.05, 3.63) is 34.7 Å². The van der Waals surface area contributed by atoms with Crippen LogP contribution in [0.5, 0.6) is 5.75 Å². The summed E-state index contributed by atoms with van der Waals surface area (Å²) in [6, 6.07) is 5.35. The quantitative estimate of drug-likeness (QED) is 0.256. The normalized spacial score (nSPS) is 10.8. The highest BCUT2D eigenvalue weighted by Crippen LogP contribution is 2.15. The lowest BCUT2D eigenvalue weighted by molar-refractivity contribution is 0.106. The second-order valence-corrected chi connectivity index (χ2v) is 4.78. The third kappa shape index (κ3) is 6.07. The molecule has 1 aromatic rings. The highest BCUT2D eigenvalue weighted by Gasteiger charge is 2.08. The number of hydrogen-bond acceptors (Lipinski definition) is 5. The molecule has 0 atom stereocenters. The van der Waals surface area contributed by atoms with Crippen LogP contribution in [-0.4, -0.2) is 39.3 Å². The van der Waals surface area contributed by atoms with Gasteiger partial charge in [0.2, 0.25) is 0 Å². The van der Waals surface area contributed by atoms with E-state index in [0.29, 0.717) is 19.0 Å². The summed E-state index contributed by atoms with van der Waals surface area (Å²) in [5.41, 5.74) is 8.01. The van der Waals surface area contributed by atoms with Crippen molar-refractivity contribution >= 4 is 10.1 Å². The van der Waals surface area contributed by atoms with Crippen molar-refractivity contribution < 1.29 is 22.4 Å². The zero-order valence-corrected chi connectivity index (χ0v) is 10.8. The molecule has 0 aliphatic carbocycles. The first-order valence-corrected chi connectivity index (χ1v) is 6.77. The molecule has 0 aromatic heterocycles. The Morgan fingerprint density at radius 3 is 2.47 bits per heavy atom. The Labute approximate surface area is 110 Å². The molecule has 1 aromatic carbocycles. The van der Waals surface area contributed by atoms with E-state index in [1.807, 2.05) is 0 Å². The van der Waals surface area contributed by atoms with Gasteiger partial charge in [-0.05, 0) is 29.8 Å². The molecule has 9 heteroatoms. The Bertz CT molecular complexity index is 537. The zero-order valence-electron chi connectivity index (χ0n) is 9.97. The Hall–Kier alpha value is -1.80. The van der Waals surface area contributed by atoms with Crippen LogP contribution in [-0.2, 0) is 14.9 Å². The average Bonchev–Trinajstić information content (AvgIpc) is 2.37. The van der Waals surface area contributed by atoms with Crippen LogP contribution >= 0.6 is 0 Å². The smallest absolute Gasteiger partial charge is 0.294 e. The summed E-state index contributed by atoms with van der Waals surface area (Å²) in [7, 11) is -4.18. The highest BCUT2D eigenvalue weighted by molar-refractivity contribution is 7.85. The predicted octanol–water partition coefficient (Wildman–Crippen LogP) is 1.64. The molecule has 0 bridgehead atoms. The average molecular weight is 287 g/mol. The first-order chi connectivity index (χ1) is 9.04. The van der Waals surface area contributed by atoms with Gasteiger partial charge in [-0.3, -0.25) is 4.55 Å². The van der Waals surface area contributed by atoms with Crippen molar-refractivity contribution in [2.45, 2.75) is 4.90 Å². The van der Waals surface area contributed by atoms with E-state index in [1.54, 1.807) is 0 Å². The molecule has 0 fully saturated rings. The number of rotatable bonds is 8. The lowest BCUT2D eigenvalue weighted by atomic mass is 10.3. The molecule has 0 aliphatic heterocycles. The lowest BCUT2D eigenvalue weighted by Crippen LogP contribution is -2.08. The van der Waals surface area contributed by atoms with Crippen LogP contribution in [0.3, 0.4) is 0 Å². The van der Waals surface area contributed by atoms with Gasteiger partial charge in [0.1, 0.15) is 12.4 Å². The van der Waals surface area contributed by atoms with Gasteiger partial charge in [0, 0.05) is 11.5 Å². The van der Waals surface area contributed by atoms with Crippen molar-refractivity contribution in [2.24, 2.45) is 5.11 Å². The summed E-state index contributed by atoms with van der Waals surface area (Å²) in [6.07, 6.45) is 0. The van der Waals surface area contributed by atoms with Gasteiger partial charge in [0.25, 0.3) is 10.1 Å². The van der Waals surface area contributed by atoms with E-state index in [2.05, 4.69) is 10.0 Å². The fourth-order valence-corrected chi connectivity index (χ4v) is 1.66. The Morgan fingerprint density at radius 2 is 1.89 bits per heavy atom. The van der Waals surface area contributed by atoms with Crippen molar-refractivity contribution in [1.29, 1.82) is 0 Å². The Balaban J connectivity index is 2.29. The van der Waals surface area contributed by atoms with Gasteiger partial charge in [-0.15, -0.1) is 0 Å². The number of azide groups is 1. The van der Waals surface area contributed by atoms with Gasteiger partial charge >= 0.3 is 0 Å². The number of benzene rings is 1. The third-order valence-corrected chi connectivity index (χ3v) is 2.88. The third-order valence-electron chi connectivity index (χ3n) is 2.02. The molecule has 0 radical (unpaired) electrons. The van der Waals surface area contributed by atoms with Crippen LogP contribution in [0.4, 0.5) is 0 Å². The van der Waals surface area contributed by atoms with Gasteiger partial charge < -0.3 is 9.47 Å². The van der Waals surface area contributed by atoms with Crippen molar-refractivity contribution in [3.63, 3.8) is 0 Å². The molecule has 0 spiro atoms. The second-order valence-electron chi connectivity index (χ2n) is 3.36. The predicted molar refractivity (Wildman–Crippen MR) is 66.6 cm³/mol. The van der Waals surface area contributed by atoms with Crippen LogP contribution in [0, 0.1) is 0 Å². The van der Waals surface area contributed by atoms with E-state index in [1.165, 1.54) is 24.3 Å². The summed E-state index contributed by atoms with van der Waals surface area (Å²) in [5.74, 6) is 0.464. The summed E-state index contributed by atoms with van der Waals surface area (Å²) < 4.78 is 40.7. The van der Waals surface area contributed by atoms with Gasteiger partial charge in [-0.2, -0.15) is 8.42 Å². The van der Waals surface area contributed by atoms with Crippen LogP contribution < -0.4 is 4.74 Å². The van der Waals surface area contributed by atoms with E-state index in [0.717, 1.165) is 0 Å². The second kappa shape index (κ2) is 7.59. The van der Waals surface area contributed by atoms with Crippen molar-refractivity contribution in [2.75, 3.05) is 26.4 Å². The van der Waals surface area contributed by atoms with Gasteiger partial charge in [-0.1, -0.05) is 5.11 Å². The molecule has 1 N–H and O–H groups in total. The molecule has 0 aliphatic rings. The summed E-state index contributed by atoms with van der Waals surface area (Å²) in [6.45, 7) is 1.18. The van der Waals surface area contributed by atoms with Gasteiger partial charge in [0.05, 0.1) is 18.1 Å². The molecule has 19 heavy (non-hydrogen) atoms. The largest absolute Gasteiger partial charge is 0.491 e. The summed E-state index contributed by atoms with van der Waals surface area (Å²) >= 11 is 0. The first-order valence-electron chi connectivity index (χ1n) is 5.33. The molecular weight excluding hydrogens is 274 g/mol. The zero-order chi connectivity index (χ0) is 14.1. The minimum atomic E-state index is -4.18. The highest BCUT2D eigenvalue weighted by atomic mass is 32.2. The molecule has 1 rings (SSSR count). The fourth-order valence-electron chi connectivity index (χ4n) is 1.18. The Morgan fingerprint density at radius 1 is 1.21 bits per heavy atom. The summed E-state index contributed by atoms with van der Waals surface area (Å²) in [5, 5.41) is 3.29.